The van der Waals surface area contributed by atoms with Crippen LogP contribution in [-0.2, 0) is 0 Å². The first-order valence-electron chi connectivity index (χ1n) is 4.15. The summed E-state index contributed by atoms with van der Waals surface area (Å²) in [7, 11) is 0. The van der Waals surface area contributed by atoms with Gasteiger partial charge in [0.2, 0.25) is 0 Å². The van der Waals surface area contributed by atoms with Gasteiger partial charge in [0.15, 0.2) is 0 Å². The van der Waals surface area contributed by atoms with E-state index in [9.17, 15) is 0 Å². The lowest BCUT2D eigenvalue weighted by atomic mass is 10.1. The van der Waals surface area contributed by atoms with Crippen molar-refractivity contribution in [3.05, 3.63) is 0 Å². The van der Waals surface area contributed by atoms with E-state index in [1.807, 2.05) is 6.21 Å². The van der Waals surface area contributed by atoms with Crippen LogP contribution in [0.5, 0.6) is 0 Å². The second kappa shape index (κ2) is 3.45. The Bertz CT molecular complexity index is 154. The number of nitrogens with one attached hydrogen (secondary N) is 1. The van der Waals surface area contributed by atoms with E-state index in [0.29, 0.717) is 6.17 Å². The smallest absolute Gasteiger partial charge is 0.109 e. The Hall–Kier alpha value is -0.220. The third-order valence-electron chi connectivity index (χ3n) is 2.03. The SMILES string of the molecule is C1=NN(C2CCCCN2)SC1. The fourth-order valence-corrected chi connectivity index (χ4v) is 2.23. The van der Waals surface area contributed by atoms with Gasteiger partial charge in [-0.1, -0.05) is 0 Å². The zero-order valence-electron chi connectivity index (χ0n) is 6.49. The Kier molecular flexibility index (Phi) is 2.33. The van der Waals surface area contributed by atoms with Gasteiger partial charge < -0.3 is 0 Å². The molecule has 1 unspecified atom stereocenters. The van der Waals surface area contributed by atoms with Gasteiger partial charge in [-0.25, -0.2) is 4.41 Å². The molecule has 1 N–H and O–H groups in total. The summed E-state index contributed by atoms with van der Waals surface area (Å²) >= 11 is 1.80. The predicted octanol–water partition coefficient (Wildman–Crippen LogP) is 1.04. The fourth-order valence-electron chi connectivity index (χ4n) is 1.45. The minimum atomic E-state index is 0.493. The molecule has 0 amide bonds. The summed E-state index contributed by atoms with van der Waals surface area (Å²) in [6.07, 6.45) is 6.36. The van der Waals surface area contributed by atoms with E-state index >= 15 is 0 Å². The lowest BCUT2D eigenvalue weighted by molar-refractivity contribution is 0.257. The fraction of sp³-hybridized carbons (Fsp3) is 0.857. The maximum atomic E-state index is 4.27. The second-order valence-corrected chi connectivity index (χ2v) is 3.83. The highest BCUT2D eigenvalue weighted by atomic mass is 32.2. The van der Waals surface area contributed by atoms with Crippen molar-refractivity contribution in [2.24, 2.45) is 5.10 Å². The van der Waals surface area contributed by atoms with Crippen molar-refractivity contribution in [1.82, 2.24) is 9.73 Å². The van der Waals surface area contributed by atoms with Gasteiger partial charge in [0.1, 0.15) is 6.17 Å². The van der Waals surface area contributed by atoms with Crippen LogP contribution < -0.4 is 5.32 Å². The molecule has 0 aromatic heterocycles. The molecular formula is C7H13N3S. The average molecular weight is 171 g/mol. The first-order valence-corrected chi connectivity index (χ1v) is 5.09. The monoisotopic (exact) mass is 171 g/mol. The number of hydrogen-bond donors (Lipinski definition) is 1. The van der Waals surface area contributed by atoms with Gasteiger partial charge in [-0.3, -0.25) is 5.32 Å². The van der Waals surface area contributed by atoms with Crippen molar-refractivity contribution in [1.29, 1.82) is 0 Å². The quantitative estimate of drug-likeness (QED) is 0.597. The van der Waals surface area contributed by atoms with Crippen molar-refractivity contribution in [3.8, 4) is 0 Å². The molecule has 4 heteroatoms. The van der Waals surface area contributed by atoms with Crippen LogP contribution in [0.2, 0.25) is 0 Å². The van der Waals surface area contributed by atoms with Crippen molar-refractivity contribution >= 4 is 18.2 Å². The first-order chi connectivity index (χ1) is 5.47. The summed E-state index contributed by atoms with van der Waals surface area (Å²) < 4.78 is 2.10. The van der Waals surface area contributed by atoms with Crippen molar-refractivity contribution in [3.63, 3.8) is 0 Å². The summed E-state index contributed by atoms with van der Waals surface area (Å²) in [5.74, 6) is 1.04. The second-order valence-electron chi connectivity index (χ2n) is 2.86. The molecule has 0 radical (unpaired) electrons. The zero-order valence-corrected chi connectivity index (χ0v) is 7.31. The summed E-state index contributed by atoms with van der Waals surface area (Å²) in [6, 6.07) is 0. The highest BCUT2D eigenvalue weighted by Gasteiger charge is 2.21. The van der Waals surface area contributed by atoms with Gasteiger partial charge in [-0.2, -0.15) is 5.10 Å². The highest BCUT2D eigenvalue weighted by Crippen LogP contribution is 2.22. The molecular weight excluding hydrogens is 158 g/mol. The largest absolute Gasteiger partial charge is 0.295 e. The van der Waals surface area contributed by atoms with Crippen LogP contribution in [0.25, 0.3) is 0 Å². The zero-order chi connectivity index (χ0) is 7.52. The Labute approximate surface area is 71.4 Å². The Morgan fingerprint density at radius 3 is 3.18 bits per heavy atom. The third-order valence-corrected chi connectivity index (χ3v) is 2.94. The summed E-state index contributed by atoms with van der Waals surface area (Å²) in [5, 5.41) is 7.72. The molecule has 2 rings (SSSR count). The number of hydrogen-bond acceptors (Lipinski definition) is 4. The number of rotatable bonds is 1. The topological polar surface area (TPSA) is 27.6 Å². The van der Waals surface area contributed by atoms with E-state index in [1.165, 1.54) is 19.3 Å². The van der Waals surface area contributed by atoms with E-state index in [1.54, 1.807) is 11.9 Å². The Balaban J connectivity index is 1.87. The average Bonchev–Trinajstić information content (AvgIpc) is 2.58. The van der Waals surface area contributed by atoms with Gasteiger partial charge >= 0.3 is 0 Å². The van der Waals surface area contributed by atoms with Crippen LogP contribution in [0.3, 0.4) is 0 Å². The van der Waals surface area contributed by atoms with Crippen LogP contribution in [-0.4, -0.2) is 29.1 Å². The van der Waals surface area contributed by atoms with E-state index in [4.69, 9.17) is 0 Å². The molecule has 2 aliphatic heterocycles. The maximum absolute atomic E-state index is 4.27. The van der Waals surface area contributed by atoms with Gasteiger partial charge in [-0.15, -0.1) is 0 Å². The Morgan fingerprint density at radius 2 is 2.55 bits per heavy atom. The molecule has 2 heterocycles. The molecule has 62 valence electrons. The molecule has 0 saturated carbocycles. The van der Waals surface area contributed by atoms with Gasteiger partial charge in [-0.05, 0) is 37.8 Å². The van der Waals surface area contributed by atoms with Gasteiger partial charge in [0.25, 0.3) is 0 Å². The third kappa shape index (κ3) is 1.68. The number of nitrogens with zero attached hydrogens (tertiary/aromatic N) is 2. The molecule has 0 spiro atoms. The maximum Gasteiger partial charge on any atom is 0.109 e. The molecule has 0 aliphatic carbocycles. The normalized spacial score (nSPS) is 31.3. The van der Waals surface area contributed by atoms with E-state index in [0.717, 1.165) is 12.3 Å². The lowest BCUT2D eigenvalue weighted by Crippen LogP contribution is -2.41. The minimum Gasteiger partial charge on any atom is -0.295 e. The van der Waals surface area contributed by atoms with Crippen molar-refractivity contribution in [2.45, 2.75) is 25.4 Å². The highest BCUT2D eigenvalue weighted by molar-refractivity contribution is 7.97. The van der Waals surface area contributed by atoms with Crippen LogP contribution in [0.4, 0.5) is 0 Å². The molecule has 0 aromatic rings. The molecule has 1 fully saturated rings. The summed E-state index contributed by atoms with van der Waals surface area (Å²) in [4.78, 5) is 0. The molecule has 11 heavy (non-hydrogen) atoms. The molecule has 0 aromatic carbocycles. The van der Waals surface area contributed by atoms with Crippen LogP contribution in [0.15, 0.2) is 5.10 Å². The summed E-state index contributed by atoms with van der Waals surface area (Å²) in [6.45, 7) is 1.15. The predicted molar refractivity (Wildman–Crippen MR) is 48.4 cm³/mol. The van der Waals surface area contributed by atoms with Crippen LogP contribution >= 0.6 is 11.9 Å². The van der Waals surface area contributed by atoms with E-state index in [-0.39, 0.29) is 0 Å². The number of piperidine rings is 1. The van der Waals surface area contributed by atoms with Crippen LogP contribution in [0, 0.1) is 0 Å². The first kappa shape index (κ1) is 7.43. The molecule has 2 aliphatic rings. The molecule has 1 saturated heterocycles. The summed E-state index contributed by atoms with van der Waals surface area (Å²) in [5.41, 5.74) is 0. The lowest BCUT2D eigenvalue weighted by Gasteiger charge is -2.29. The molecule has 0 bridgehead atoms. The standard InChI is InChI=1S/C7H13N3S/c1-2-4-8-7(3-1)10-9-5-6-11-10/h5,7-8H,1-4,6H2. The van der Waals surface area contributed by atoms with E-state index in [2.05, 4.69) is 14.8 Å². The van der Waals surface area contributed by atoms with Crippen molar-refractivity contribution in [2.75, 3.05) is 12.3 Å². The van der Waals surface area contributed by atoms with Gasteiger partial charge in [0.05, 0.1) is 5.75 Å². The molecule has 3 nitrogen and oxygen atoms in total. The molecule has 1 atom stereocenters. The number of hydrazone groups is 1. The minimum absolute atomic E-state index is 0.493. The van der Waals surface area contributed by atoms with Crippen LogP contribution in [0.1, 0.15) is 19.3 Å². The van der Waals surface area contributed by atoms with Gasteiger partial charge in [0, 0.05) is 6.21 Å². The van der Waals surface area contributed by atoms with Crippen molar-refractivity contribution < 1.29 is 0 Å². The van der Waals surface area contributed by atoms with E-state index < -0.39 is 0 Å². The Morgan fingerprint density at radius 1 is 1.55 bits per heavy atom.